The summed E-state index contributed by atoms with van der Waals surface area (Å²) in [5.74, 6) is 0.616. The SMILES string of the molecule is CCCc1ccc(C(NCC)C2CCCOC2)cc1. The zero-order valence-corrected chi connectivity index (χ0v) is 12.3. The predicted octanol–water partition coefficient (Wildman–Crippen LogP) is 3.72. The lowest BCUT2D eigenvalue weighted by Gasteiger charge is -2.31. The Bertz CT molecular complexity index is 354. The molecule has 0 saturated carbocycles. The summed E-state index contributed by atoms with van der Waals surface area (Å²) in [6.07, 6.45) is 4.86. The Morgan fingerprint density at radius 3 is 2.63 bits per heavy atom. The van der Waals surface area contributed by atoms with E-state index in [-0.39, 0.29) is 0 Å². The number of ether oxygens (including phenoxy) is 1. The van der Waals surface area contributed by atoms with Gasteiger partial charge in [-0.05, 0) is 36.9 Å². The standard InChI is InChI=1S/C17H27NO/c1-3-6-14-8-10-15(11-9-14)17(18-4-2)16-7-5-12-19-13-16/h8-11,16-18H,3-7,12-13H2,1-2H3. The van der Waals surface area contributed by atoms with E-state index in [0.717, 1.165) is 19.8 Å². The van der Waals surface area contributed by atoms with Crippen molar-refractivity contribution in [3.05, 3.63) is 35.4 Å². The smallest absolute Gasteiger partial charge is 0.0512 e. The fourth-order valence-corrected chi connectivity index (χ4v) is 2.99. The molecule has 2 nitrogen and oxygen atoms in total. The third-order valence-electron chi connectivity index (χ3n) is 3.97. The van der Waals surface area contributed by atoms with Crippen LogP contribution in [0.3, 0.4) is 0 Å². The molecule has 1 aromatic rings. The first kappa shape index (κ1) is 14.5. The highest BCUT2D eigenvalue weighted by atomic mass is 16.5. The van der Waals surface area contributed by atoms with Crippen LogP contribution in [0, 0.1) is 5.92 Å². The molecular formula is C17H27NO. The molecule has 1 saturated heterocycles. The van der Waals surface area contributed by atoms with E-state index >= 15 is 0 Å². The van der Waals surface area contributed by atoms with Gasteiger partial charge in [-0.1, -0.05) is 44.5 Å². The second-order valence-corrected chi connectivity index (χ2v) is 5.50. The van der Waals surface area contributed by atoms with Crippen molar-refractivity contribution in [1.82, 2.24) is 5.32 Å². The first-order valence-electron chi connectivity index (χ1n) is 7.75. The van der Waals surface area contributed by atoms with Gasteiger partial charge >= 0.3 is 0 Å². The fraction of sp³-hybridized carbons (Fsp3) is 0.647. The lowest BCUT2D eigenvalue weighted by Crippen LogP contribution is -2.33. The molecule has 2 heteroatoms. The molecule has 1 aromatic carbocycles. The molecule has 0 amide bonds. The van der Waals surface area contributed by atoms with E-state index in [9.17, 15) is 0 Å². The van der Waals surface area contributed by atoms with Gasteiger partial charge in [0, 0.05) is 18.6 Å². The average Bonchev–Trinajstić information content (AvgIpc) is 2.47. The van der Waals surface area contributed by atoms with E-state index in [1.807, 2.05) is 0 Å². The third-order valence-corrected chi connectivity index (χ3v) is 3.97. The molecular weight excluding hydrogens is 234 g/mol. The summed E-state index contributed by atoms with van der Waals surface area (Å²) >= 11 is 0. The number of hydrogen-bond acceptors (Lipinski definition) is 2. The summed E-state index contributed by atoms with van der Waals surface area (Å²) in [7, 11) is 0. The van der Waals surface area contributed by atoms with Gasteiger partial charge in [-0.2, -0.15) is 0 Å². The maximum Gasteiger partial charge on any atom is 0.0512 e. The van der Waals surface area contributed by atoms with Gasteiger partial charge in [0.15, 0.2) is 0 Å². The monoisotopic (exact) mass is 261 g/mol. The van der Waals surface area contributed by atoms with Crippen LogP contribution in [0.1, 0.15) is 50.3 Å². The van der Waals surface area contributed by atoms with E-state index in [2.05, 4.69) is 43.4 Å². The van der Waals surface area contributed by atoms with Crippen LogP contribution in [0.5, 0.6) is 0 Å². The average molecular weight is 261 g/mol. The number of nitrogens with one attached hydrogen (secondary N) is 1. The highest BCUT2D eigenvalue weighted by Crippen LogP contribution is 2.29. The van der Waals surface area contributed by atoms with Crippen LogP contribution in [0.4, 0.5) is 0 Å². The Morgan fingerprint density at radius 2 is 2.05 bits per heavy atom. The summed E-state index contributed by atoms with van der Waals surface area (Å²) in [4.78, 5) is 0. The number of aryl methyl sites for hydroxylation is 1. The molecule has 1 fully saturated rings. The van der Waals surface area contributed by atoms with E-state index in [0.29, 0.717) is 12.0 Å². The zero-order valence-electron chi connectivity index (χ0n) is 12.3. The van der Waals surface area contributed by atoms with Crippen LogP contribution in [0.2, 0.25) is 0 Å². The van der Waals surface area contributed by atoms with E-state index in [1.165, 1.54) is 36.8 Å². The van der Waals surface area contributed by atoms with Crippen molar-refractivity contribution in [2.45, 2.75) is 45.6 Å². The van der Waals surface area contributed by atoms with Crippen LogP contribution >= 0.6 is 0 Å². The normalized spacial score (nSPS) is 21.3. The van der Waals surface area contributed by atoms with Crippen LogP contribution < -0.4 is 5.32 Å². The molecule has 0 aliphatic carbocycles. The van der Waals surface area contributed by atoms with Crippen molar-refractivity contribution in [2.75, 3.05) is 19.8 Å². The van der Waals surface area contributed by atoms with E-state index in [1.54, 1.807) is 0 Å². The summed E-state index contributed by atoms with van der Waals surface area (Å²) in [5.41, 5.74) is 2.86. The number of hydrogen-bond donors (Lipinski definition) is 1. The predicted molar refractivity (Wildman–Crippen MR) is 80.4 cm³/mol. The molecule has 19 heavy (non-hydrogen) atoms. The minimum Gasteiger partial charge on any atom is -0.381 e. The summed E-state index contributed by atoms with van der Waals surface area (Å²) in [6.45, 7) is 7.26. The Kier molecular flexibility index (Phi) is 5.87. The van der Waals surface area contributed by atoms with Crippen molar-refractivity contribution in [2.24, 2.45) is 5.92 Å². The molecule has 0 radical (unpaired) electrons. The third kappa shape index (κ3) is 4.05. The van der Waals surface area contributed by atoms with Crippen molar-refractivity contribution in [1.29, 1.82) is 0 Å². The topological polar surface area (TPSA) is 21.3 Å². The van der Waals surface area contributed by atoms with Gasteiger partial charge in [0.1, 0.15) is 0 Å². The molecule has 2 rings (SSSR count). The largest absolute Gasteiger partial charge is 0.381 e. The van der Waals surface area contributed by atoms with Gasteiger partial charge in [0.2, 0.25) is 0 Å². The Hall–Kier alpha value is -0.860. The molecule has 2 atom stereocenters. The van der Waals surface area contributed by atoms with Gasteiger partial charge in [-0.3, -0.25) is 0 Å². The quantitative estimate of drug-likeness (QED) is 0.842. The molecule has 1 aliphatic rings. The maximum atomic E-state index is 5.65. The highest BCUT2D eigenvalue weighted by molar-refractivity contribution is 5.25. The Balaban J connectivity index is 2.08. The molecule has 1 heterocycles. The lowest BCUT2D eigenvalue weighted by molar-refractivity contribution is 0.0393. The molecule has 2 unspecified atom stereocenters. The molecule has 1 aliphatic heterocycles. The summed E-state index contributed by atoms with van der Waals surface area (Å²) in [5, 5.41) is 3.64. The number of rotatable bonds is 6. The lowest BCUT2D eigenvalue weighted by atomic mass is 9.88. The number of benzene rings is 1. The van der Waals surface area contributed by atoms with Gasteiger partial charge < -0.3 is 10.1 Å². The van der Waals surface area contributed by atoms with Gasteiger partial charge in [0.05, 0.1) is 6.61 Å². The maximum absolute atomic E-state index is 5.65. The summed E-state index contributed by atoms with van der Waals surface area (Å²) < 4.78 is 5.65. The van der Waals surface area contributed by atoms with Crippen molar-refractivity contribution in [3.63, 3.8) is 0 Å². The molecule has 0 aromatic heterocycles. The molecule has 106 valence electrons. The Morgan fingerprint density at radius 1 is 1.26 bits per heavy atom. The first-order chi connectivity index (χ1) is 9.35. The minimum absolute atomic E-state index is 0.445. The molecule has 1 N–H and O–H groups in total. The zero-order chi connectivity index (χ0) is 13.5. The Labute approximate surface area is 117 Å². The second-order valence-electron chi connectivity index (χ2n) is 5.50. The van der Waals surface area contributed by atoms with Crippen molar-refractivity contribution < 1.29 is 4.74 Å². The molecule has 0 spiro atoms. The van der Waals surface area contributed by atoms with Crippen LogP contribution in [-0.4, -0.2) is 19.8 Å². The van der Waals surface area contributed by atoms with E-state index < -0.39 is 0 Å². The summed E-state index contributed by atoms with van der Waals surface area (Å²) in [6, 6.07) is 9.61. The van der Waals surface area contributed by atoms with Crippen molar-refractivity contribution >= 4 is 0 Å². The van der Waals surface area contributed by atoms with Gasteiger partial charge in [0.25, 0.3) is 0 Å². The van der Waals surface area contributed by atoms with Crippen LogP contribution in [-0.2, 0) is 11.2 Å². The fourth-order valence-electron chi connectivity index (χ4n) is 2.99. The van der Waals surface area contributed by atoms with Gasteiger partial charge in [-0.25, -0.2) is 0 Å². The van der Waals surface area contributed by atoms with Crippen LogP contribution in [0.15, 0.2) is 24.3 Å². The molecule has 0 bridgehead atoms. The first-order valence-corrected chi connectivity index (χ1v) is 7.75. The minimum atomic E-state index is 0.445. The highest BCUT2D eigenvalue weighted by Gasteiger charge is 2.24. The second kappa shape index (κ2) is 7.66. The van der Waals surface area contributed by atoms with Crippen molar-refractivity contribution in [3.8, 4) is 0 Å². The van der Waals surface area contributed by atoms with E-state index in [4.69, 9.17) is 4.74 Å². The van der Waals surface area contributed by atoms with Crippen LogP contribution in [0.25, 0.3) is 0 Å². The van der Waals surface area contributed by atoms with Gasteiger partial charge in [-0.15, -0.1) is 0 Å².